The minimum atomic E-state index is -0.620. The summed E-state index contributed by atoms with van der Waals surface area (Å²) >= 11 is 0. The number of ketones is 1. The molecule has 5 rings (SSSR count). The zero-order valence-electron chi connectivity index (χ0n) is 31.7. The van der Waals surface area contributed by atoms with Gasteiger partial charge in [0.1, 0.15) is 19.0 Å². The van der Waals surface area contributed by atoms with E-state index in [4.69, 9.17) is 18.6 Å². The first-order chi connectivity index (χ1) is 27.0. The average Bonchev–Trinajstić information content (AvgIpc) is 3.89. The summed E-state index contributed by atoms with van der Waals surface area (Å²) in [5.41, 5.74) is 4.54. The summed E-state index contributed by atoms with van der Waals surface area (Å²) in [7, 11) is 0. The largest absolute Gasteiger partial charge is 0.490 e. The summed E-state index contributed by atoms with van der Waals surface area (Å²) in [6, 6.07) is 23.1. The number of nitrogens with one attached hydrogen (secondary N) is 4. The summed E-state index contributed by atoms with van der Waals surface area (Å²) in [5.74, 6) is 5.93. The Morgan fingerprint density at radius 2 is 1.45 bits per heavy atom. The standard InChI is InChI=1S/C43H46N4O9/c1-28(2)27-55-43(52)45-21-4-6-36-19-20-38(56-36)41(50)44-22-5-23-46-42(51)54-25-24-53-35-17-13-32(14-18-35)39(48)31-11-9-30(10-12-31)37-26-33(8-7-29(37)3)40(49)47-34-15-16-34/h7-14,17-20,26,28,34H,5,15-16,21-25,27H2,1-3H3,(H,44,50)(H,45,52)(H,46,51)(H,47,49). The van der Waals surface area contributed by atoms with Gasteiger partial charge in [-0.1, -0.05) is 50.1 Å². The summed E-state index contributed by atoms with van der Waals surface area (Å²) in [6.45, 7) is 6.91. The highest BCUT2D eigenvalue weighted by Gasteiger charge is 2.24. The van der Waals surface area contributed by atoms with Crippen molar-refractivity contribution in [1.29, 1.82) is 0 Å². The van der Waals surface area contributed by atoms with Gasteiger partial charge in [-0.25, -0.2) is 9.59 Å². The minimum absolute atomic E-state index is 0.00513. The second-order valence-electron chi connectivity index (χ2n) is 13.5. The Hall–Kier alpha value is -6.55. The van der Waals surface area contributed by atoms with Gasteiger partial charge in [0.2, 0.25) is 0 Å². The highest BCUT2D eigenvalue weighted by atomic mass is 16.6. The zero-order chi connectivity index (χ0) is 39.9. The zero-order valence-corrected chi connectivity index (χ0v) is 31.7. The van der Waals surface area contributed by atoms with E-state index in [1.165, 1.54) is 6.07 Å². The number of hydrogen-bond acceptors (Lipinski definition) is 9. The van der Waals surface area contributed by atoms with Crippen molar-refractivity contribution < 1.29 is 42.6 Å². The summed E-state index contributed by atoms with van der Waals surface area (Å²) in [5, 5.41) is 10.8. The third-order valence-corrected chi connectivity index (χ3v) is 8.39. The van der Waals surface area contributed by atoms with E-state index in [-0.39, 0.29) is 68.0 Å². The molecule has 0 spiro atoms. The average molecular weight is 763 g/mol. The van der Waals surface area contributed by atoms with Gasteiger partial charge in [0.25, 0.3) is 11.8 Å². The van der Waals surface area contributed by atoms with Crippen LogP contribution in [-0.4, -0.2) is 75.3 Å². The van der Waals surface area contributed by atoms with Crippen LogP contribution in [0.2, 0.25) is 0 Å². The predicted molar refractivity (Wildman–Crippen MR) is 209 cm³/mol. The van der Waals surface area contributed by atoms with Gasteiger partial charge in [-0.3, -0.25) is 14.4 Å². The Kier molecular flexibility index (Phi) is 14.7. The molecule has 4 amide bonds. The summed E-state index contributed by atoms with van der Waals surface area (Å²) < 4.78 is 21.2. The lowest BCUT2D eigenvalue weighted by atomic mass is 9.95. The van der Waals surface area contributed by atoms with Crippen LogP contribution in [0.15, 0.2) is 83.3 Å². The second kappa shape index (κ2) is 20.2. The number of ether oxygens (including phenoxy) is 3. The van der Waals surface area contributed by atoms with Gasteiger partial charge in [0.05, 0.1) is 13.2 Å². The molecule has 0 unspecified atom stereocenters. The predicted octanol–water partition coefficient (Wildman–Crippen LogP) is 6.04. The molecule has 1 aromatic heterocycles. The summed E-state index contributed by atoms with van der Waals surface area (Å²) in [6.07, 6.45) is 1.33. The normalized spacial score (nSPS) is 11.8. The van der Waals surface area contributed by atoms with Crippen LogP contribution in [0.3, 0.4) is 0 Å². The van der Waals surface area contributed by atoms with Crippen molar-refractivity contribution in [2.75, 3.05) is 39.5 Å². The van der Waals surface area contributed by atoms with Crippen molar-refractivity contribution >= 4 is 29.8 Å². The Balaban J connectivity index is 0.943. The van der Waals surface area contributed by atoms with Crippen molar-refractivity contribution in [3.63, 3.8) is 0 Å². The van der Waals surface area contributed by atoms with Gasteiger partial charge in [-0.2, -0.15) is 0 Å². The van der Waals surface area contributed by atoms with E-state index in [9.17, 15) is 24.0 Å². The van der Waals surface area contributed by atoms with Crippen molar-refractivity contribution in [2.24, 2.45) is 5.92 Å². The Morgan fingerprint density at radius 3 is 2.16 bits per heavy atom. The number of hydrogen-bond donors (Lipinski definition) is 4. The monoisotopic (exact) mass is 762 g/mol. The molecule has 292 valence electrons. The molecule has 13 nitrogen and oxygen atoms in total. The molecule has 1 heterocycles. The van der Waals surface area contributed by atoms with Crippen LogP contribution in [0.5, 0.6) is 5.75 Å². The molecule has 0 aliphatic heterocycles. The van der Waals surface area contributed by atoms with Gasteiger partial charge >= 0.3 is 12.2 Å². The molecule has 0 bridgehead atoms. The lowest BCUT2D eigenvalue weighted by Crippen LogP contribution is -2.30. The maximum absolute atomic E-state index is 13.2. The molecular weight excluding hydrogens is 716 g/mol. The van der Waals surface area contributed by atoms with Gasteiger partial charge in [0.15, 0.2) is 17.3 Å². The first-order valence-electron chi connectivity index (χ1n) is 18.5. The molecule has 1 fully saturated rings. The molecule has 13 heteroatoms. The number of alkyl carbamates (subject to hydrolysis) is 2. The molecule has 4 N–H and O–H groups in total. The highest BCUT2D eigenvalue weighted by molar-refractivity contribution is 6.09. The number of benzene rings is 3. The molecule has 0 saturated heterocycles. The van der Waals surface area contributed by atoms with Crippen LogP contribution < -0.4 is 26.0 Å². The van der Waals surface area contributed by atoms with Crippen LogP contribution in [0.25, 0.3) is 11.1 Å². The third kappa shape index (κ3) is 12.8. The fourth-order valence-corrected chi connectivity index (χ4v) is 5.22. The number of carbonyl (C=O) groups excluding carboxylic acids is 5. The van der Waals surface area contributed by atoms with Gasteiger partial charge < -0.3 is 39.9 Å². The quantitative estimate of drug-likeness (QED) is 0.0569. The molecule has 0 radical (unpaired) electrons. The number of carbonyl (C=O) groups is 5. The van der Waals surface area contributed by atoms with Crippen LogP contribution >= 0.6 is 0 Å². The number of aryl methyl sites for hydroxylation is 1. The topological polar surface area (TPSA) is 174 Å². The first-order valence-corrected chi connectivity index (χ1v) is 18.5. The van der Waals surface area contributed by atoms with Crippen molar-refractivity contribution in [2.45, 2.75) is 46.1 Å². The molecule has 1 saturated carbocycles. The summed E-state index contributed by atoms with van der Waals surface area (Å²) in [4.78, 5) is 61.7. The third-order valence-electron chi connectivity index (χ3n) is 8.39. The molecule has 4 aromatic rings. The smallest absolute Gasteiger partial charge is 0.407 e. The Bertz CT molecular complexity index is 2060. The maximum atomic E-state index is 13.2. The highest BCUT2D eigenvalue weighted by Crippen LogP contribution is 2.27. The van der Waals surface area contributed by atoms with E-state index in [1.54, 1.807) is 42.5 Å². The Morgan fingerprint density at radius 1 is 0.768 bits per heavy atom. The van der Waals surface area contributed by atoms with Crippen molar-refractivity contribution in [3.8, 4) is 28.7 Å². The molecule has 1 aliphatic rings. The number of amides is 4. The van der Waals surface area contributed by atoms with Crippen molar-refractivity contribution in [3.05, 3.63) is 113 Å². The second-order valence-corrected chi connectivity index (χ2v) is 13.5. The van der Waals surface area contributed by atoms with Gasteiger partial charge in [0, 0.05) is 35.8 Å². The van der Waals surface area contributed by atoms with Crippen LogP contribution in [0, 0.1) is 24.7 Å². The fourth-order valence-electron chi connectivity index (χ4n) is 5.22. The number of rotatable bonds is 17. The fraction of sp³-hybridized carbons (Fsp3) is 0.326. The van der Waals surface area contributed by atoms with Crippen LogP contribution in [0.1, 0.15) is 81.3 Å². The van der Waals surface area contributed by atoms with E-state index in [0.29, 0.717) is 35.5 Å². The van der Waals surface area contributed by atoms with E-state index in [1.807, 2.05) is 51.1 Å². The minimum Gasteiger partial charge on any atom is -0.490 e. The van der Waals surface area contributed by atoms with Crippen LogP contribution in [0.4, 0.5) is 9.59 Å². The van der Waals surface area contributed by atoms with E-state index < -0.39 is 18.1 Å². The maximum Gasteiger partial charge on any atom is 0.407 e. The van der Waals surface area contributed by atoms with Gasteiger partial charge in [-0.05, 0) is 103 Å². The van der Waals surface area contributed by atoms with Crippen molar-refractivity contribution in [1.82, 2.24) is 21.3 Å². The van der Waals surface area contributed by atoms with E-state index in [0.717, 1.165) is 29.5 Å². The SMILES string of the molecule is Cc1ccc(C(=O)NC2CC2)cc1-c1ccc(C(=O)c2ccc(OCCOC(=O)NCCCNC(=O)c3ccc(C#CCNC(=O)OCC(C)C)o3)cc2)cc1. The molecule has 1 aliphatic carbocycles. The molecule has 56 heavy (non-hydrogen) atoms. The van der Waals surface area contributed by atoms with Crippen LogP contribution in [-0.2, 0) is 9.47 Å². The number of furan rings is 1. The molecule has 3 aromatic carbocycles. The lowest BCUT2D eigenvalue weighted by molar-refractivity contribution is 0.0922. The van der Waals surface area contributed by atoms with E-state index >= 15 is 0 Å². The Labute approximate surface area is 325 Å². The first kappa shape index (κ1) is 40.6. The van der Waals surface area contributed by atoms with E-state index in [2.05, 4.69) is 33.1 Å². The van der Waals surface area contributed by atoms with Gasteiger partial charge in [-0.15, -0.1) is 0 Å². The lowest BCUT2D eigenvalue weighted by Gasteiger charge is -2.11. The molecular formula is C43H46N4O9. The molecule has 0 atom stereocenters.